The van der Waals surface area contributed by atoms with Crippen molar-refractivity contribution in [3.05, 3.63) is 95.6 Å². The van der Waals surface area contributed by atoms with E-state index in [9.17, 15) is 8.42 Å². The minimum absolute atomic E-state index is 0.341. The predicted molar refractivity (Wildman–Crippen MR) is 107 cm³/mol. The van der Waals surface area contributed by atoms with Crippen LogP contribution in [0, 0.1) is 6.92 Å². The molecule has 1 atom stereocenters. The molecule has 3 rings (SSSR count). The van der Waals surface area contributed by atoms with E-state index in [2.05, 4.69) is 0 Å². The zero-order valence-corrected chi connectivity index (χ0v) is 16.1. The summed E-state index contributed by atoms with van der Waals surface area (Å²) >= 11 is 0. The largest absolute Gasteiger partial charge is 0.378 e. The molecule has 0 saturated heterocycles. The van der Waals surface area contributed by atoms with Crippen molar-refractivity contribution < 1.29 is 8.42 Å². The van der Waals surface area contributed by atoms with Crippen LogP contribution in [0.4, 0.5) is 5.69 Å². The van der Waals surface area contributed by atoms with E-state index in [4.69, 9.17) is 0 Å². The quantitative estimate of drug-likeness (QED) is 0.662. The van der Waals surface area contributed by atoms with Gasteiger partial charge in [0, 0.05) is 19.8 Å². The molecule has 0 saturated carbocycles. The average Bonchev–Trinajstić information content (AvgIpc) is 2.63. The Morgan fingerprint density at radius 1 is 0.731 bits per heavy atom. The molecule has 3 aromatic carbocycles. The number of sulfone groups is 1. The van der Waals surface area contributed by atoms with Gasteiger partial charge in [0.15, 0.2) is 9.84 Å². The van der Waals surface area contributed by atoms with Crippen LogP contribution in [-0.4, -0.2) is 22.5 Å². The lowest BCUT2D eigenvalue weighted by molar-refractivity contribution is 0.589. The lowest BCUT2D eigenvalue weighted by Crippen LogP contribution is -2.16. The van der Waals surface area contributed by atoms with Gasteiger partial charge in [-0.2, -0.15) is 0 Å². The van der Waals surface area contributed by atoms with E-state index in [1.807, 2.05) is 92.6 Å². The van der Waals surface area contributed by atoms with E-state index < -0.39 is 15.1 Å². The summed E-state index contributed by atoms with van der Waals surface area (Å²) < 4.78 is 26.9. The fourth-order valence-electron chi connectivity index (χ4n) is 2.99. The van der Waals surface area contributed by atoms with E-state index in [0.29, 0.717) is 4.90 Å². The lowest BCUT2D eigenvalue weighted by Gasteiger charge is -2.20. The molecule has 0 N–H and O–H groups in total. The van der Waals surface area contributed by atoms with Gasteiger partial charge >= 0.3 is 0 Å². The van der Waals surface area contributed by atoms with Crippen LogP contribution in [0.25, 0.3) is 0 Å². The minimum atomic E-state index is -3.57. The molecular weight excluding hydrogens is 342 g/mol. The highest BCUT2D eigenvalue weighted by molar-refractivity contribution is 7.91. The fourth-order valence-corrected chi connectivity index (χ4v) is 4.81. The van der Waals surface area contributed by atoms with Crippen molar-refractivity contribution >= 4 is 15.5 Å². The van der Waals surface area contributed by atoms with E-state index in [-0.39, 0.29) is 0 Å². The van der Waals surface area contributed by atoms with Crippen molar-refractivity contribution in [1.29, 1.82) is 0 Å². The molecule has 0 aliphatic heterocycles. The first-order chi connectivity index (χ1) is 12.4. The normalized spacial score (nSPS) is 12.6. The van der Waals surface area contributed by atoms with Gasteiger partial charge in [-0.1, -0.05) is 60.2 Å². The Morgan fingerprint density at radius 3 is 1.81 bits per heavy atom. The summed E-state index contributed by atoms with van der Waals surface area (Å²) in [6.45, 7) is 1.95. The first-order valence-electron chi connectivity index (χ1n) is 8.52. The molecule has 0 aliphatic rings. The topological polar surface area (TPSA) is 37.4 Å². The smallest absolute Gasteiger partial charge is 0.189 e. The van der Waals surface area contributed by atoms with Crippen LogP contribution in [0.2, 0.25) is 0 Å². The number of anilines is 1. The van der Waals surface area contributed by atoms with Gasteiger partial charge < -0.3 is 4.90 Å². The van der Waals surface area contributed by atoms with E-state index >= 15 is 0 Å². The Hall–Kier alpha value is -2.59. The summed E-state index contributed by atoms with van der Waals surface area (Å²) in [6, 6.07) is 24.2. The summed E-state index contributed by atoms with van der Waals surface area (Å²) in [5.74, 6) is 0. The van der Waals surface area contributed by atoms with Gasteiger partial charge in [-0.3, -0.25) is 0 Å². The van der Waals surface area contributed by atoms with Crippen LogP contribution < -0.4 is 4.90 Å². The molecular formula is C22H23NO2S. The third kappa shape index (κ3) is 3.65. The number of rotatable bonds is 5. The van der Waals surface area contributed by atoms with Crippen LogP contribution >= 0.6 is 0 Å². The second kappa shape index (κ2) is 7.34. The molecule has 0 spiro atoms. The molecule has 0 radical (unpaired) electrons. The highest BCUT2D eigenvalue weighted by Gasteiger charge is 2.30. The predicted octanol–water partition coefficient (Wildman–Crippen LogP) is 4.62. The summed E-state index contributed by atoms with van der Waals surface area (Å²) in [6.07, 6.45) is 0. The molecule has 1 unspecified atom stereocenters. The molecule has 0 amide bonds. The van der Waals surface area contributed by atoms with Crippen molar-refractivity contribution in [3.63, 3.8) is 0 Å². The molecule has 4 heteroatoms. The van der Waals surface area contributed by atoms with Gasteiger partial charge in [0.1, 0.15) is 5.25 Å². The third-order valence-corrected chi connectivity index (χ3v) is 6.57. The van der Waals surface area contributed by atoms with Gasteiger partial charge in [0.05, 0.1) is 4.90 Å². The number of hydrogen-bond donors (Lipinski definition) is 0. The zero-order valence-electron chi connectivity index (χ0n) is 15.3. The molecule has 3 nitrogen and oxygen atoms in total. The van der Waals surface area contributed by atoms with Crippen molar-refractivity contribution in [2.45, 2.75) is 17.1 Å². The van der Waals surface area contributed by atoms with Crippen molar-refractivity contribution in [3.8, 4) is 0 Å². The van der Waals surface area contributed by atoms with Crippen molar-refractivity contribution in [2.24, 2.45) is 0 Å². The fraction of sp³-hybridized carbons (Fsp3) is 0.182. The Balaban J connectivity index is 2.14. The monoisotopic (exact) mass is 365 g/mol. The Morgan fingerprint density at radius 2 is 1.27 bits per heavy atom. The number of nitrogens with zero attached hydrogens (tertiary/aromatic N) is 1. The van der Waals surface area contributed by atoms with Crippen molar-refractivity contribution in [1.82, 2.24) is 0 Å². The van der Waals surface area contributed by atoms with E-state index in [0.717, 1.165) is 22.4 Å². The number of benzene rings is 3. The SMILES string of the molecule is Cc1ccc(S(=O)(=O)C(c2ccccc2)c2ccc(N(C)C)cc2)cc1. The van der Waals surface area contributed by atoms with Crippen LogP contribution in [0.1, 0.15) is 21.9 Å². The van der Waals surface area contributed by atoms with Crippen LogP contribution in [0.3, 0.4) is 0 Å². The second-order valence-corrected chi connectivity index (χ2v) is 8.67. The van der Waals surface area contributed by atoms with E-state index in [1.165, 1.54) is 0 Å². The highest BCUT2D eigenvalue weighted by atomic mass is 32.2. The Bertz CT molecular complexity index is 961. The summed E-state index contributed by atoms with van der Waals surface area (Å²) in [5.41, 5.74) is 3.61. The Kier molecular flexibility index (Phi) is 5.14. The standard InChI is InChI=1S/C22H23NO2S/c1-17-9-15-21(16-10-17)26(24,25)22(18-7-5-4-6-8-18)19-11-13-20(14-12-19)23(2)3/h4-16,22H,1-3H3. The van der Waals surface area contributed by atoms with Gasteiger partial charge in [0.2, 0.25) is 0 Å². The maximum atomic E-state index is 13.5. The molecule has 134 valence electrons. The van der Waals surface area contributed by atoms with Crippen LogP contribution in [0.15, 0.2) is 83.8 Å². The maximum absolute atomic E-state index is 13.5. The molecule has 3 aromatic rings. The van der Waals surface area contributed by atoms with Crippen molar-refractivity contribution in [2.75, 3.05) is 19.0 Å². The lowest BCUT2D eigenvalue weighted by atomic mass is 10.0. The molecule has 26 heavy (non-hydrogen) atoms. The van der Waals surface area contributed by atoms with Gasteiger partial charge in [0.25, 0.3) is 0 Å². The number of aryl methyl sites for hydroxylation is 1. The van der Waals surface area contributed by atoms with Crippen LogP contribution in [-0.2, 0) is 9.84 Å². The maximum Gasteiger partial charge on any atom is 0.189 e. The average molecular weight is 365 g/mol. The molecule has 0 bridgehead atoms. The molecule has 0 aromatic heterocycles. The zero-order chi connectivity index (χ0) is 18.7. The summed E-state index contributed by atoms with van der Waals surface area (Å²) in [5, 5.41) is -0.734. The summed E-state index contributed by atoms with van der Waals surface area (Å²) in [4.78, 5) is 2.34. The third-order valence-electron chi connectivity index (χ3n) is 4.47. The first kappa shape index (κ1) is 18.2. The minimum Gasteiger partial charge on any atom is -0.378 e. The second-order valence-electron chi connectivity index (χ2n) is 6.63. The van der Waals surface area contributed by atoms with Gasteiger partial charge in [-0.25, -0.2) is 8.42 Å². The van der Waals surface area contributed by atoms with Gasteiger partial charge in [-0.15, -0.1) is 0 Å². The highest BCUT2D eigenvalue weighted by Crippen LogP contribution is 2.35. The molecule has 0 heterocycles. The molecule has 0 aliphatic carbocycles. The first-order valence-corrected chi connectivity index (χ1v) is 10.1. The summed E-state index contributed by atoms with van der Waals surface area (Å²) in [7, 11) is 0.359. The van der Waals surface area contributed by atoms with Gasteiger partial charge in [-0.05, 0) is 42.3 Å². The van der Waals surface area contributed by atoms with Crippen LogP contribution in [0.5, 0.6) is 0 Å². The number of hydrogen-bond acceptors (Lipinski definition) is 3. The Labute approximate surface area is 155 Å². The van der Waals surface area contributed by atoms with E-state index in [1.54, 1.807) is 12.1 Å². The molecule has 0 fully saturated rings.